The van der Waals surface area contributed by atoms with Gasteiger partial charge in [-0.25, -0.2) is 9.78 Å². The van der Waals surface area contributed by atoms with E-state index in [1.54, 1.807) is 33.9 Å². The molecule has 1 aliphatic heterocycles. The zero-order valence-corrected chi connectivity index (χ0v) is 19.1. The molecule has 8 nitrogen and oxygen atoms in total. The molecular formula is C20H26N2O6S2. The number of pyridine rings is 1. The molecule has 0 saturated carbocycles. The standard InChI is InChI=1S/C20H26N2O6S2/c1-19(2,17(25)27-11-12-29-30-14-7-5-6-10-21-14)13-20(3,4)18(26)28-22-15(23)8-9-16(22)24/h5-7,10H,8-9,11-13H2,1-4H3. The third-order valence-electron chi connectivity index (χ3n) is 4.35. The van der Waals surface area contributed by atoms with Gasteiger partial charge >= 0.3 is 11.9 Å². The Hall–Kier alpha value is -2.07. The molecule has 2 amide bonds. The molecule has 0 N–H and O–H groups in total. The number of hydroxylamine groups is 2. The van der Waals surface area contributed by atoms with Crippen LogP contribution in [0.3, 0.4) is 0 Å². The van der Waals surface area contributed by atoms with Gasteiger partial charge < -0.3 is 9.57 Å². The summed E-state index contributed by atoms with van der Waals surface area (Å²) in [5.74, 6) is -1.66. The first kappa shape index (κ1) is 24.2. The molecule has 1 saturated heterocycles. The minimum Gasteiger partial charge on any atom is -0.464 e. The lowest BCUT2D eigenvalue weighted by molar-refractivity contribution is -0.205. The number of esters is 1. The third kappa shape index (κ3) is 6.73. The van der Waals surface area contributed by atoms with E-state index >= 15 is 0 Å². The van der Waals surface area contributed by atoms with Crippen LogP contribution in [0.1, 0.15) is 47.0 Å². The second-order valence-corrected chi connectivity index (χ2v) is 10.6. The lowest BCUT2D eigenvalue weighted by Crippen LogP contribution is -2.41. The fraction of sp³-hybridized carbons (Fsp3) is 0.550. The quantitative estimate of drug-likeness (QED) is 0.228. The molecule has 0 aromatic carbocycles. The van der Waals surface area contributed by atoms with Gasteiger partial charge in [0, 0.05) is 24.8 Å². The van der Waals surface area contributed by atoms with Crippen LogP contribution in [-0.2, 0) is 28.8 Å². The van der Waals surface area contributed by atoms with Gasteiger partial charge in [-0.1, -0.05) is 16.9 Å². The summed E-state index contributed by atoms with van der Waals surface area (Å²) in [6.45, 7) is 6.82. The number of aromatic nitrogens is 1. The summed E-state index contributed by atoms with van der Waals surface area (Å²) in [7, 11) is 3.03. The van der Waals surface area contributed by atoms with E-state index in [0.717, 1.165) is 5.03 Å². The summed E-state index contributed by atoms with van der Waals surface area (Å²) in [4.78, 5) is 57.5. The zero-order valence-electron chi connectivity index (χ0n) is 17.5. The van der Waals surface area contributed by atoms with Crippen molar-refractivity contribution in [3.63, 3.8) is 0 Å². The monoisotopic (exact) mass is 454 g/mol. The average Bonchev–Trinajstić information content (AvgIpc) is 2.99. The fourth-order valence-electron chi connectivity index (χ4n) is 2.98. The molecular weight excluding hydrogens is 428 g/mol. The van der Waals surface area contributed by atoms with Crippen LogP contribution >= 0.6 is 21.6 Å². The molecule has 0 aliphatic carbocycles. The number of hydrogen-bond donors (Lipinski definition) is 0. The molecule has 2 rings (SSSR count). The molecule has 2 heterocycles. The van der Waals surface area contributed by atoms with E-state index < -0.39 is 34.6 Å². The van der Waals surface area contributed by atoms with Crippen LogP contribution < -0.4 is 0 Å². The Kier molecular flexibility index (Phi) is 8.31. The van der Waals surface area contributed by atoms with E-state index in [1.165, 1.54) is 21.6 Å². The molecule has 1 aromatic rings. The largest absolute Gasteiger partial charge is 0.464 e. The number of hydrogen-bond acceptors (Lipinski definition) is 9. The van der Waals surface area contributed by atoms with Crippen molar-refractivity contribution in [1.82, 2.24) is 10.0 Å². The van der Waals surface area contributed by atoms with E-state index in [-0.39, 0.29) is 25.9 Å². The first-order valence-corrected chi connectivity index (χ1v) is 11.8. The maximum atomic E-state index is 12.5. The Morgan fingerprint density at radius 2 is 1.70 bits per heavy atom. The Labute approximate surface area is 183 Å². The lowest BCUT2D eigenvalue weighted by Gasteiger charge is -2.32. The number of amides is 2. The van der Waals surface area contributed by atoms with Crippen molar-refractivity contribution in [2.45, 2.75) is 52.0 Å². The van der Waals surface area contributed by atoms with Crippen LogP contribution in [-0.4, -0.2) is 46.2 Å². The van der Waals surface area contributed by atoms with Crippen LogP contribution in [0.4, 0.5) is 0 Å². The topological polar surface area (TPSA) is 103 Å². The average molecular weight is 455 g/mol. The number of ether oxygens (including phenoxy) is 1. The molecule has 0 radical (unpaired) electrons. The summed E-state index contributed by atoms with van der Waals surface area (Å²) in [6.07, 6.45) is 1.90. The molecule has 164 valence electrons. The highest BCUT2D eigenvalue weighted by molar-refractivity contribution is 8.76. The number of carbonyl (C=O) groups excluding carboxylic acids is 4. The van der Waals surface area contributed by atoms with Crippen molar-refractivity contribution in [2.24, 2.45) is 10.8 Å². The summed E-state index contributed by atoms with van der Waals surface area (Å²) in [6, 6.07) is 5.65. The Morgan fingerprint density at radius 3 is 2.30 bits per heavy atom. The first-order chi connectivity index (χ1) is 14.0. The molecule has 0 spiro atoms. The van der Waals surface area contributed by atoms with E-state index in [2.05, 4.69) is 4.98 Å². The van der Waals surface area contributed by atoms with Crippen LogP contribution in [0.15, 0.2) is 29.4 Å². The van der Waals surface area contributed by atoms with Crippen LogP contribution in [0, 0.1) is 10.8 Å². The maximum Gasteiger partial charge on any atom is 0.338 e. The second kappa shape index (κ2) is 10.3. The highest BCUT2D eigenvalue weighted by Gasteiger charge is 2.43. The molecule has 0 unspecified atom stereocenters. The maximum absolute atomic E-state index is 12.5. The van der Waals surface area contributed by atoms with Gasteiger partial charge in [-0.2, -0.15) is 0 Å². The second-order valence-electron chi connectivity index (χ2n) is 8.11. The van der Waals surface area contributed by atoms with Gasteiger partial charge in [0.25, 0.3) is 11.8 Å². The summed E-state index contributed by atoms with van der Waals surface area (Å²) < 4.78 is 5.37. The predicted octanol–water partition coefficient (Wildman–Crippen LogP) is 3.41. The molecule has 0 bridgehead atoms. The minimum atomic E-state index is -1.10. The smallest absolute Gasteiger partial charge is 0.338 e. The van der Waals surface area contributed by atoms with Crippen LogP contribution in [0.5, 0.6) is 0 Å². The van der Waals surface area contributed by atoms with Crippen molar-refractivity contribution < 1.29 is 28.8 Å². The number of nitrogens with zero attached hydrogens (tertiary/aromatic N) is 2. The van der Waals surface area contributed by atoms with Gasteiger partial charge in [-0.05, 0) is 57.0 Å². The minimum absolute atomic E-state index is 0.0288. The van der Waals surface area contributed by atoms with Gasteiger partial charge in [-0.15, -0.1) is 5.06 Å². The van der Waals surface area contributed by atoms with E-state index in [4.69, 9.17) is 9.57 Å². The van der Waals surface area contributed by atoms with E-state index in [0.29, 0.717) is 10.8 Å². The van der Waals surface area contributed by atoms with Gasteiger partial charge in [0.1, 0.15) is 11.6 Å². The number of rotatable bonds is 10. The van der Waals surface area contributed by atoms with Crippen molar-refractivity contribution in [3.8, 4) is 0 Å². The zero-order chi connectivity index (χ0) is 22.4. The van der Waals surface area contributed by atoms with Crippen LogP contribution in [0.25, 0.3) is 0 Å². The van der Waals surface area contributed by atoms with Crippen molar-refractivity contribution in [1.29, 1.82) is 0 Å². The first-order valence-electron chi connectivity index (χ1n) is 9.49. The molecule has 10 heteroatoms. The van der Waals surface area contributed by atoms with E-state index in [1.807, 2.05) is 18.2 Å². The van der Waals surface area contributed by atoms with Crippen molar-refractivity contribution >= 4 is 45.3 Å². The Balaban J connectivity index is 1.79. The molecule has 30 heavy (non-hydrogen) atoms. The van der Waals surface area contributed by atoms with Crippen molar-refractivity contribution in [2.75, 3.05) is 12.4 Å². The van der Waals surface area contributed by atoms with Crippen molar-refractivity contribution in [3.05, 3.63) is 24.4 Å². The number of imide groups is 1. The van der Waals surface area contributed by atoms with E-state index in [9.17, 15) is 19.2 Å². The lowest BCUT2D eigenvalue weighted by atomic mass is 9.75. The molecule has 1 aliphatic rings. The summed E-state index contributed by atoms with van der Waals surface area (Å²) in [5, 5.41) is 1.40. The third-order valence-corrected chi connectivity index (χ3v) is 6.58. The van der Waals surface area contributed by atoms with Gasteiger partial charge in [-0.3, -0.25) is 14.4 Å². The SMILES string of the molecule is CC(C)(CC(C)(C)C(=O)ON1C(=O)CCC1=O)C(=O)OCCSSc1ccccn1. The van der Waals surface area contributed by atoms with Crippen LogP contribution in [0.2, 0.25) is 0 Å². The van der Waals surface area contributed by atoms with Gasteiger partial charge in [0.15, 0.2) is 0 Å². The fourth-order valence-corrected chi connectivity index (χ4v) is 4.68. The Bertz CT molecular complexity index is 782. The highest BCUT2D eigenvalue weighted by atomic mass is 33.1. The molecule has 0 atom stereocenters. The summed E-state index contributed by atoms with van der Waals surface area (Å²) >= 11 is 0. The summed E-state index contributed by atoms with van der Waals surface area (Å²) in [5.41, 5.74) is -2.06. The normalized spacial score (nSPS) is 14.7. The Morgan fingerprint density at radius 1 is 1.07 bits per heavy atom. The predicted molar refractivity (Wildman–Crippen MR) is 113 cm³/mol. The highest BCUT2D eigenvalue weighted by Crippen LogP contribution is 2.36. The molecule has 1 fully saturated rings. The number of carbonyl (C=O) groups is 4. The molecule has 1 aromatic heterocycles. The van der Waals surface area contributed by atoms with Gasteiger partial charge in [0.2, 0.25) is 0 Å². The van der Waals surface area contributed by atoms with Gasteiger partial charge in [0.05, 0.1) is 10.8 Å².